The van der Waals surface area contributed by atoms with E-state index in [0.29, 0.717) is 23.4 Å². The lowest BCUT2D eigenvalue weighted by Gasteiger charge is -2.25. The predicted octanol–water partition coefficient (Wildman–Crippen LogP) is 2.85. The molecule has 2 atom stereocenters. The van der Waals surface area contributed by atoms with E-state index in [1.807, 2.05) is 24.3 Å². The van der Waals surface area contributed by atoms with Gasteiger partial charge in [0.1, 0.15) is 17.4 Å². The minimum Gasteiger partial charge on any atom is -0.484 e. The van der Waals surface area contributed by atoms with Crippen molar-refractivity contribution < 1.29 is 28.2 Å². The van der Waals surface area contributed by atoms with Crippen molar-refractivity contribution in [1.82, 2.24) is 10.6 Å². The maximum absolute atomic E-state index is 13.8. The van der Waals surface area contributed by atoms with E-state index >= 15 is 0 Å². The molecule has 0 aliphatic carbocycles. The minimum atomic E-state index is -1.04. The lowest BCUT2D eigenvalue weighted by atomic mass is 10.00. The third-order valence-corrected chi connectivity index (χ3v) is 6.08. The number of aliphatic hydroxyl groups is 1. The molecule has 0 radical (unpaired) electrons. The number of rotatable bonds is 13. The highest BCUT2D eigenvalue weighted by atomic mass is 127. The molecule has 3 rings (SSSR count). The quantitative estimate of drug-likeness (QED) is 0.219. The summed E-state index contributed by atoms with van der Waals surface area (Å²) in [5, 5.41) is 16.8. The summed E-state index contributed by atoms with van der Waals surface area (Å²) in [4.78, 5) is 23.8. The van der Waals surface area contributed by atoms with Gasteiger partial charge in [-0.1, -0.05) is 24.3 Å². The molecule has 3 aromatic rings. The zero-order valence-corrected chi connectivity index (χ0v) is 22.1. The van der Waals surface area contributed by atoms with E-state index in [1.165, 1.54) is 12.1 Å². The highest BCUT2D eigenvalue weighted by Crippen LogP contribution is 2.15. The van der Waals surface area contributed by atoms with Crippen LogP contribution in [0.25, 0.3) is 0 Å². The van der Waals surface area contributed by atoms with Crippen LogP contribution in [0.5, 0.6) is 5.75 Å². The van der Waals surface area contributed by atoms with Crippen LogP contribution in [0.15, 0.2) is 66.7 Å². The minimum absolute atomic E-state index is 0.0221. The Kier molecular flexibility index (Phi) is 10.8. The second kappa shape index (κ2) is 14.0. The Hall–Kier alpha value is -3.09. The Morgan fingerprint density at radius 3 is 2.38 bits per heavy atom. The first-order valence-corrected chi connectivity index (χ1v) is 12.6. The summed E-state index contributed by atoms with van der Waals surface area (Å²) in [6, 6.07) is 16.8. The molecule has 37 heavy (non-hydrogen) atoms. The number of benzene rings is 3. The van der Waals surface area contributed by atoms with Crippen molar-refractivity contribution in [3.63, 3.8) is 0 Å². The molecule has 0 spiro atoms. The largest absolute Gasteiger partial charge is 0.484 e. The van der Waals surface area contributed by atoms with Gasteiger partial charge in [0.25, 0.3) is 5.91 Å². The fourth-order valence-corrected chi connectivity index (χ4v) is 4.37. The molecule has 0 fully saturated rings. The van der Waals surface area contributed by atoms with Crippen LogP contribution in [0.3, 0.4) is 0 Å². The molecule has 5 N–H and O–H groups in total. The zero-order chi connectivity index (χ0) is 26.8. The maximum atomic E-state index is 13.8. The van der Waals surface area contributed by atoms with Crippen molar-refractivity contribution in [1.29, 1.82) is 0 Å². The lowest BCUT2D eigenvalue weighted by Crippen LogP contribution is -2.49. The molecule has 0 saturated carbocycles. The number of nitrogens with one attached hydrogen (secondary N) is 2. The zero-order valence-electron chi connectivity index (χ0n) is 19.9. The van der Waals surface area contributed by atoms with E-state index in [9.17, 15) is 23.5 Å². The van der Waals surface area contributed by atoms with E-state index < -0.39 is 35.6 Å². The number of primary amides is 1. The molecule has 0 heterocycles. The first kappa shape index (κ1) is 28.5. The number of hydrogen-bond donors (Lipinski definition) is 4. The van der Waals surface area contributed by atoms with Gasteiger partial charge in [0.2, 0.25) is 5.91 Å². The SMILES string of the molecule is NC(=O)COc1cccc(CC(=O)NC(Cc2cc(F)cc(F)c2)C(O)CNCc2cccc(I)c2)c1. The van der Waals surface area contributed by atoms with E-state index in [-0.39, 0.29) is 26.0 Å². The molecule has 2 amide bonds. The predicted molar refractivity (Wildman–Crippen MR) is 144 cm³/mol. The number of amides is 2. The van der Waals surface area contributed by atoms with E-state index in [2.05, 4.69) is 33.2 Å². The second-order valence-corrected chi connectivity index (χ2v) is 9.81. The number of halogens is 3. The summed E-state index contributed by atoms with van der Waals surface area (Å²) in [5.41, 5.74) is 7.05. The fraction of sp³-hybridized carbons (Fsp3) is 0.259. The monoisotopic (exact) mass is 623 g/mol. The van der Waals surface area contributed by atoms with E-state index in [0.717, 1.165) is 15.2 Å². The second-order valence-electron chi connectivity index (χ2n) is 8.56. The number of hydrogen-bond acceptors (Lipinski definition) is 5. The third-order valence-electron chi connectivity index (χ3n) is 5.40. The van der Waals surface area contributed by atoms with Crippen LogP contribution in [-0.2, 0) is 29.0 Å². The van der Waals surface area contributed by atoms with Crippen LogP contribution < -0.4 is 21.1 Å². The van der Waals surface area contributed by atoms with Gasteiger partial charge in [0.15, 0.2) is 6.61 Å². The smallest absolute Gasteiger partial charge is 0.255 e. The standard InChI is InChI=1S/C27H28F2IN3O4/c28-20-7-19(8-21(29)13-20)11-24(25(34)15-32-14-18-4-1-5-22(30)9-18)33-27(36)12-17-3-2-6-23(10-17)37-16-26(31)35/h1-10,13,24-25,32,34H,11-12,14-16H2,(H2,31,35)(H,33,36). The molecule has 7 nitrogen and oxygen atoms in total. The fourth-order valence-electron chi connectivity index (χ4n) is 3.76. The molecule has 0 aliphatic rings. The number of nitrogens with two attached hydrogens (primary N) is 1. The summed E-state index contributed by atoms with van der Waals surface area (Å²) in [5.74, 6) is -2.11. The molecule has 0 aliphatic heterocycles. The third kappa shape index (κ3) is 10.1. The lowest BCUT2D eigenvalue weighted by molar-refractivity contribution is -0.122. The van der Waals surface area contributed by atoms with Crippen molar-refractivity contribution in [2.45, 2.75) is 31.5 Å². The molecule has 0 aromatic heterocycles. The first-order chi connectivity index (χ1) is 17.7. The van der Waals surface area contributed by atoms with Gasteiger partial charge < -0.3 is 26.2 Å². The summed E-state index contributed by atoms with van der Waals surface area (Å²) in [6.07, 6.45) is -1.05. The molecule has 196 valence electrons. The van der Waals surface area contributed by atoms with Crippen LogP contribution in [-0.4, -0.2) is 42.2 Å². The number of aliphatic hydroxyl groups excluding tert-OH is 1. The van der Waals surface area contributed by atoms with Gasteiger partial charge in [-0.2, -0.15) is 0 Å². The van der Waals surface area contributed by atoms with Crippen molar-refractivity contribution >= 4 is 34.4 Å². The van der Waals surface area contributed by atoms with Crippen molar-refractivity contribution in [3.8, 4) is 5.75 Å². The summed E-state index contributed by atoms with van der Waals surface area (Å²) < 4.78 is 33.9. The van der Waals surface area contributed by atoms with Gasteiger partial charge in [0, 0.05) is 22.7 Å². The van der Waals surface area contributed by atoms with Crippen LogP contribution in [0.4, 0.5) is 8.78 Å². The van der Waals surface area contributed by atoms with E-state index in [1.54, 1.807) is 24.3 Å². The van der Waals surface area contributed by atoms with Gasteiger partial charge in [-0.05, 0) is 82.1 Å². The first-order valence-electron chi connectivity index (χ1n) is 11.6. The molecule has 2 unspecified atom stereocenters. The van der Waals surface area contributed by atoms with Crippen LogP contribution >= 0.6 is 22.6 Å². The van der Waals surface area contributed by atoms with Gasteiger partial charge in [-0.15, -0.1) is 0 Å². The van der Waals surface area contributed by atoms with Gasteiger partial charge in [-0.3, -0.25) is 9.59 Å². The molecule has 3 aromatic carbocycles. The average Bonchev–Trinajstić information content (AvgIpc) is 2.82. The Morgan fingerprint density at radius 1 is 0.973 bits per heavy atom. The Balaban J connectivity index is 1.66. The maximum Gasteiger partial charge on any atom is 0.255 e. The summed E-state index contributed by atoms with van der Waals surface area (Å²) in [7, 11) is 0. The normalized spacial score (nSPS) is 12.5. The van der Waals surface area contributed by atoms with Crippen LogP contribution in [0, 0.1) is 15.2 Å². The number of carbonyl (C=O) groups excluding carboxylic acids is 2. The Labute approximate surface area is 227 Å². The number of ether oxygens (including phenoxy) is 1. The highest BCUT2D eigenvalue weighted by molar-refractivity contribution is 14.1. The van der Waals surface area contributed by atoms with Gasteiger partial charge in [0.05, 0.1) is 18.6 Å². The van der Waals surface area contributed by atoms with Gasteiger partial charge >= 0.3 is 0 Å². The summed E-state index contributed by atoms with van der Waals surface area (Å²) in [6.45, 7) is 0.356. The van der Waals surface area contributed by atoms with Crippen LogP contribution in [0.2, 0.25) is 0 Å². The topological polar surface area (TPSA) is 114 Å². The number of carbonyl (C=O) groups is 2. The van der Waals surface area contributed by atoms with Crippen LogP contribution in [0.1, 0.15) is 16.7 Å². The van der Waals surface area contributed by atoms with Crippen molar-refractivity contribution in [2.24, 2.45) is 5.73 Å². The molecular formula is C27H28F2IN3O4. The molecule has 10 heteroatoms. The molecule has 0 bridgehead atoms. The van der Waals surface area contributed by atoms with E-state index in [4.69, 9.17) is 10.5 Å². The molecular weight excluding hydrogens is 595 g/mol. The van der Waals surface area contributed by atoms with Crippen molar-refractivity contribution in [3.05, 3.63) is 98.6 Å². The average molecular weight is 623 g/mol. The van der Waals surface area contributed by atoms with Crippen molar-refractivity contribution in [2.75, 3.05) is 13.2 Å². The summed E-state index contributed by atoms with van der Waals surface area (Å²) >= 11 is 2.22. The Bertz CT molecular complexity index is 1210. The highest BCUT2D eigenvalue weighted by Gasteiger charge is 2.22. The Morgan fingerprint density at radius 2 is 1.68 bits per heavy atom. The van der Waals surface area contributed by atoms with Gasteiger partial charge in [-0.25, -0.2) is 8.78 Å². The molecule has 0 saturated heterocycles.